The lowest BCUT2D eigenvalue weighted by Crippen LogP contribution is -2.48. The molecule has 0 fully saturated rings. The predicted octanol–water partition coefficient (Wildman–Crippen LogP) is 8.76. The number of anilines is 1. The first-order valence-corrected chi connectivity index (χ1v) is 22.5. The number of nitrogens with zero attached hydrogens (tertiary/aromatic N) is 2. The summed E-state index contributed by atoms with van der Waals surface area (Å²) in [5.74, 6) is -6.24. The number of carboxylic acids is 2. The van der Waals surface area contributed by atoms with Crippen LogP contribution in [0.3, 0.4) is 0 Å². The molecule has 5 aromatic rings. The summed E-state index contributed by atoms with van der Waals surface area (Å²) in [6, 6.07) is 11.0. The standard InChI is InChI=1S/C39H33F3N2O6S3.C5H10O2/c1-38(2)23-9-12-51-35(23)19-14-21-29(17-27(19)43(38)4)50-30-18-28-20(36-24(10-13-52-36)39(3,44(28)5)11-7-6-8-31(45)46)15-22(30)32(21)33-34(42)25(40)16-26(41)37(33)53(47,48)49;1-2-3-4-5(6)7/h9-10,12-18H,6-8,11H2,1-5H3,(H-,45,46,47,48,49);2-4H2,1H3,(H,6,7). The molecule has 60 heavy (non-hydrogen) atoms. The molecular formula is C44H43F3N2O8S3. The van der Waals surface area contributed by atoms with Crippen LogP contribution in [0.5, 0.6) is 11.5 Å². The van der Waals surface area contributed by atoms with Crippen molar-refractivity contribution in [2.24, 2.45) is 0 Å². The van der Waals surface area contributed by atoms with Crippen molar-refractivity contribution in [1.29, 1.82) is 0 Å². The van der Waals surface area contributed by atoms with Crippen LogP contribution in [0, 0.1) is 17.5 Å². The molecule has 5 heterocycles. The van der Waals surface area contributed by atoms with Crippen molar-refractivity contribution in [2.75, 3.05) is 19.0 Å². The number of carboxylic acid groups (broad SMARTS) is 2. The fraction of sp³-hybridized carbons (Fsp3) is 0.341. The van der Waals surface area contributed by atoms with E-state index in [4.69, 9.17) is 9.84 Å². The highest BCUT2D eigenvalue weighted by Gasteiger charge is 2.44. The van der Waals surface area contributed by atoms with Crippen molar-refractivity contribution in [1.82, 2.24) is 4.58 Å². The van der Waals surface area contributed by atoms with Gasteiger partial charge >= 0.3 is 11.9 Å². The number of ether oxygens (including phenoxy) is 1. The molecule has 1 unspecified atom stereocenters. The molecule has 3 aliphatic heterocycles. The number of aliphatic carboxylic acids is 2. The summed E-state index contributed by atoms with van der Waals surface area (Å²) in [6.45, 7) is 8.20. The topological polar surface area (TPSA) is 147 Å². The number of rotatable bonds is 10. The summed E-state index contributed by atoms with van der Waals surface area (Å²) < 4.78 is 93.9. The van der Waals surface area contributed by atoms with Gasteiger partial charge in [-0.05, 0) is 73.7 Å². The van der Waals surface area contributed by atoms with Crippen molar-refractivity contribution in [2.45, 2.75) is 88.6 Å². The zero-order valence-corrected chi connectivity index (χ0v) is 36.2. The molecule has 10 nitrogen and oxygen atoms in total. The Morgan fingerprint density at radius 2 is 1.48 bits per heavy atom. The molecule has 2 N–H and O–H groups in total. The van der Waals surface area contributed by atoms with E-state index in [1.807, 2.05) is 43.9 Å². The van der Waals surface area contributed by atoms with Crippen LogP contribution in [0.25, 0.3) is 26.5 Å². The molecule has 1 atom stereocenters. The number of benzene rings is 3. The van der Waals surface area contributed by atoms with Gasteiger partial charge in [-0.25, -0.2) is 26.2 Å². The number of carbonyl (C=O) groups is 2. The zero-order valence-electron chi connectivity index (χ0n) is 33.7. The molecule has 0 spiro atoms. The van der Waals surface area contributed by atoms with Gasteiger partial charge in [0.1, 0.15) is 39.4 Å². The van der Waals surface area contributed by atoms with Gasteiger partial charge in [-0.3, -0.25) is 9.59 Å². The summed E-state index contributed by atoms with van der Waals surface area (Å²) in [4.78, 5) is 23.4. The average Bonchev–Trinajstić information content (AvgIpc) is 3.89. The second-order valence-electron chi connectivity index (χ2n) is 15.9. The monoisotopic (exact) mass is 880 g/mol. The van der Waals surface area contributed by atoms with E-state index in [-0.39, 0.29) is 40.3 Å². The first-order valence-electron chi connectivity index (χ1n) is 19.4. The first-order chi connectivity index (χ1) is 28.2. The average molecular weight is 881 g/mol. The normalized spacial score (nSPS) is 16.9. The molecule has 0 bridgehead atoms. The van der Waals surface area contributed by atoms with Crippen molar-refractivity contribution >= 4 is 56.0 Å². The Morgan fingerprint density at radius 3 is 2.10 bits per heavy atom. The van der Waals surface area contributed by atoms with Crippen LogP contribution in [0.15, 0.2) is 58.1 Å². The molecule has 0 radical (unpaired) electrons. The van der Waals surface area contributed by atoms with Crippen LogP contribution >= 0.6 is 22.7 Å². The highest BCUT2D eigenvalue weighted by atomic mass is 32.2. The summed E-state index contributed by atoms with van der Waals surface area (Å²) in [5, 5.41) is 22.0. The fourth-order valence-corrected chi connectivity index (χ4v) is 11.3. The van der Waals surface area contributed by atoms with Crippen LogP contribution in [0.4, 0.5) is 18.9 Å². The van der Waals surface area contributed by atoms with Gasteiger partial charge in [-0.1, -0.05) is 13.3 Å². The molecule has 0 saturated heterocycles. The molecule has 3 aliphatic rings. The minimum Gasteiger partial charge on any atom is -0.744 e. The molecule has 0 saturated carbocycles. The third-order valence-electron chi connectivity index (χ3n) is 12.0. The lowest BCUT2D eigenvalue weighted by Gasteiger charge is -2.43. The van der Waals surface area contributed by atoms with Crippen molar-refractivity contribution < 1.29 is 50.7 Å². The van der Waals surface area contributed by atoms with E-state index in [1.54, 1.807) is 24.3 Å². The number of fused-ring (bicyclic) bond motifs is 8. The maximum Gasteiger partial charge on any atom is 0.303 e. The van der Waals surface area contributed by atoms with Crippen molar-refractivity contribution in [3.05, 3.63) is 104 Å². The van der Waals surface area contributed by atoms with E-state index in [9.17, 15) is 27.7 Å². The van der Waals surface area contributed by atoms with E-state index in [0.717, 1.165) is 50.3 Å². The molecule has 0 aliphatic carbocycles. The van der Waals surface area contributed by atoms with E-state index >= 15 is 13.2 Å². The number of unbranched alkanes of at least 4 members (excludes halogenated alkanes) is 2. The Kier molecular flexibility index (Phi) is 11.3. The molecule has 316 valence electrons. The Morgan fingerprint density at radius 1 is 0.850 bits per heavy atom. The van der Waals surface area contributed by atoms with Crippen molar-refractivity contribution in [3.63, 3.8) is 0 Å². The molecule has 0 amide bonds. The van der Waals surface area contributed by atoms with Gasteiger partial charge < -0.3 is 24.4 Å². The predicted molar refractivity (Wildman–Crippen MR) is 224 cm³/mol. The largest absolute Gasteiger partial charge is 0.744 e. The number of hydrogen-bond donors (Lipinski definition) is 2. The van der Waals surface area contributed by atoms with E-state index < -0.39 is 61.0 Å². The summed E-state index contributed by atoms with van der Waals surface area (Å²) in [6.07, 6.45) is 3.90. The number of halogens is 3. The summed E-state index contributed by atoms with van der Waals surface area (Å²) in [7, 11) is -1.83. The lowest BCUT2D eigenvalue weighted by atomic mass is 9.81. The Hall–Kier alpha value is -5.03. The van der Waals surface area contributed by atoms with Crippen LogP contribution in [0.1, 0.15) is 94.9 Å². The summed E-state index contributed by atoms with van der Waals surface area (Å²) in [5.41, 5.74) is 2.15. The third kappa shape index (κ3) is 7.20. The molecule has 8 rings (SSSR count). The highest BCUT2D eigenvalue weighted by molar-refractivity contribution is 7.85. The molecule has 3 aromatic carbocycles. The van der Waals surface area contributed by atoms with Gasteiger partial charge in [0.05, 0.1) is 22.0 Å². The van der Waals surface area contributed by atoms with E-state index in [1.165, 1.54) is 22.7 Å². The van der Waals surface area contributed by atoms with Crippen LogP contribution < -0.4 is 24.8 Å². The quantitative estimate of drug-likeness (QED) is 0.0597. The zero-order chi connectivity index (χ0) is 43.6. The van der Waals surface area contributed by atoms with Crippen LogP contribution in [-0.4, -0.2) is 49.2 Å². The number of thiophene rings is 2. The second kappa shape index (κ2) is 15.8. The minimum absolute atomic E-state index is 0.0500. The van der Waals surface area contributed by atoms with E-state index in [2.05, 4.69) is 30.2 Å². The Bertz CT molecular complexity index is 2850. The van der Waals surface area contributed by atoms with E-state index in [0.29, 0.717) is 31.2 Å². The first kappa shape index (κ1) is 43.1. The van der Waals surface area contributed by atoms with Crippen molar-refractivity contribution in [3.8, 4) is 32.4 Å². The molecule has 16 heteroatoms. The Balaban J connectivity index is 0.000000716. The maximum atomic E-state index is 16.3. The SMILES string of the molecule is CCCCC(=O)O.CN1c2cc3c(cc2-c2sccc2C1(C)C)C(c1c(F)c(F)cc(F)c1S(=O)(=O)[O-])=c1cc2c(cc1O3)=[N+](C)C(C)(CCCCC(=O)O)c1ccsc1-2. The summed E-state index contributed by atoms with van der Waals surface area (Å²) >= 11 is 2.95. The minimum atomic E-state index is -5.68. The maximum absolute atomic E-state index is 16.3. The van der Waals surface area contributed by atoms with Gasteiger partial charge in [0.15, 0.2) is 17.2 Å². The molecule has 2 aromatic heterocycles. The Labute approximate surface area is 353 Å². The highest BCUT2D eigenvalue weighted by Crippen LogP contribution is 2.53. The number of hydrogen-bond acceptors (Lipinski definition) is 9. The fourth-order valence-electron chi connectivity index (χ4n) is 8.44. The smallest absolute Gasteiger partial charge is 0.303 e. The lowest BCUT2D eigenvalue weighted by molar-refractivity contribution is -0.138. The van der Waals surface area contributed by atoms with Gasteiger partial charge in [0.2, 0.25) is 5.36 Å². The van der Waals surface area contributed by atoms with Gasteiger partial charge in [0.25, 0.3) is 0 Å². The van der Waals surface area contributed by atoms with Gasteiger partial charge in [0, 0.05) is 89.0 Å². The molecular weight excluding hydrogens is 838 g/mol. The van der Waals surface area contributed by atoms with Crippen LogP contribution in [-0.2, 0) is 30.8 Å². The third-order valence-corrected chi connectivity index (χ3v) is 14.8. The second-order valence-corrected chi connectivity index (χ2v) is 19.0. The van der Waals surface area contributed by atoms with Gasteiger partial charge in [-0.15, -0.1) is 22.7 Å². The van der Waals surface area contributed by atoms with Gasteiger partial charge in [-0.2, -0.15) is 0 Å². The van der Waals surface area contributed by atoms with Crippen LogP contribution in [0.2, 0.25) is 0 Å².